The Labute approximate surface area is 94.3 Å². The van der Waals surface area contributed by atoms with E-state index >= 15 is 0 Å². The van der Waals surface area contributed by atoms with Gasteiger partial charge in [0.25, 0.3) is 0 Å². The number of aliphatic hydroxyl groups is 1. The maximum atomic E-state index is 13.7. The van der Waals surface area contributed by atoms with Gasteiger partial charge in [-0.3, -0.25) is 4.79 Å². The van der Waals surface area contributed by atoms with Crippen molar-refractivity contribution in [2.45, 2.75) is 6.42 Å². The normalized spacial score (nSPS) is 20.5. The highest BCUT2D eigenvalue weighted by molar-refractivity contribution is 6.32. The molecule has 1 aliphatic rings. The van der Waals surface area contributed by atoms with Crippen LogP contribution in [0.5, 0.6) is 0 Å². The Morgan fingerprint density at radius 2 is 2.31 bits per heavy atom. The van der Waals surface area contributed by atoms with Gasteiger partial charge in [-0.05, 0) is 12.1 Å². The minimum atomic E-state index is -0.382. The van der Waals surface area contributed by atoms with Gasteiger partial charge in [0.05, 0.1) is 5.69 Å². The Balaban J connectivity index is 2.28. The van der Waals surface area contributed by atoms with Crippen LogP contribution in [0.4, 0.5) is 10.1 Å². The van der Waals surface area contributed by atoms with Gasteiger partial charge in [-0.15, -0.1) is 0 Å². The third-order valence-electron chi connectivity index (χ3n) is 2.86. The summed E-state index contributed by atoms with van der Waals surface area (Å²) in [6.45, 7) is 0.366. The van der Waals surface area contributed by atoms with Crippen LogP contribution < -0.4 is 10.4 Å². The zero-order chi connectivity index (χ0) is 11.7. The van der Waals surface area contributed by atoms with E-state index in [1.807, 2.05) is 0 Å². The predicted octanol–water partition coefficient (Wildman–Crippen LogP) is -0.571. The zero-order valence-corrected chi connectivity index (χ0v) is 9.11. The fourth-order valence-corrected chi connectivity index (χ4v) is 1.97. The molecule has 1 amide bonds. The fourth-order valence-electron chi connectivity index (χ4n) is 1.97. The predicted molar refractivity (Wildman–Crippen MR) is 62.1 cm³/mol. The monoisotopic (exact) mass is 221 g/mol. The van der Waals surface area contributed by atoms with E-state index in [1.54, 1.807) is 20.0 Å². The SMILES string of the molecule is Bc1ccc(N2CC(CO)CC2=O)c(F)c1. The molecule has 1 heterocycles. The minimum absolute atomic E-state index is 0.0320. The first-order valence-electron chi connectivity index (χ1n) is 5.29. The second-order valence-electron chi connectivity index (χ2n) is 4.21. The number of rotatable bonds is 2. The molecule has 1 saturated heterocycles. The standard InChI is InChI=1S/C11H13BFNO2/c12-8-1-2-10(9(13)4-8)14-5-7(6-15)3-11(14)16/h1-2,4,7,15H,3,5-6,12H2. The molecule has 1 atom stereocenters. The molecular formula is C11H13BFNO2. The molecular weight excluding hydrogens is 208 g/mol. The van der Waals surface area contributed by atoms with E-state index in [9.17, 15) is 9.18 Å². The van der Waals surface area contributed by atoms with Gasteiger partial charge < -0.3 is 10.0 Å². The van der Waals surface area contributed by atoms with Gasteiger partial charge in [-0.1, -0.05) is 11.5 Å². The molecule has 3 nitrogen and oxygen atoms in total. The molecule has 0 spiro atoms. The third kappa shape index (κ3) is 1.95. The Kier molecular flexibility index (Phi) is 2.96. The highest BCUT2D eigenvalue weighted by atomic mass is 19.1. The molecule has 0 radical (unpaired) electrons. The van der Waals surface area contributed by atoms with E-state index in [0.717, 1.165) is 5.46 Å². The molecule has 1 fully saturated rings. The lowest BCUT2D eigenvalue weighted by Gasteiger charge is -2.17. The molecule has 1 aromatic carbocycles. The van der Waals surface area contributed by atoms with E-state index < -0.39 is 0 Å². The van der Waals surface area contributed by atoms with Crippen molar-refractivity contribution in [3.8, 4) is 0 Å². The summed E-state index contributed by atoms with van der Waals surface area (Å²) < 4.78 is 13.7. The smallest absolute Gasteiger partial charge is 0.227 e. The van der Waals surface area contributed by atoms with Crippen LogP contribution in [0.25, 0.3) is 0 Å². The molecule has 0 bridgehead atoms. The number of anilines is 1. The molecule has 1 aliphatic heterocycles. The van der Waals surface area contributed by atoms with Crippen molar-refractivity contribution in [3.63, 3.8) is 0 Å². The molecule has 0 aliphatic carbocycles. The molecule has 1 N–H and O–H groups in total. The summed E-state index contributed by atoms with van der Waals surface area (Å²) in [5, 5.41) is 8.99. The summed E-state index contributed by atoms with van der Waals surface area (Å²) in [5.74, 6) is -0.582. The largest absolute Gasteiger partial charge is 0.396 e. The first-order chi connectivity index (χ1) is 7.61. The average Bonchev–Trinajstić information content (AvgIpc) is 2.60. The Bertz CT molecular complexity index is 424. The van der Waals surface area contributed by atoms with Crippen LogP contribution in [0.3, 0.4) is 0 Å². The number of benzene rings is 1. The summed E-state index contributed by atoms with van der Waals surface area (Å²) in [4.78, 5) is 13.0. The summed E-state index contributed by atoms with van der Waals surface area (Å²) in [7, 11) is 1.80. The maximum absolute atomic E-state index is 13.7. The van der Waals surface area contributed by atoms with Crippen LogP contribution in [0, 0.1) is 11.7 Å². The molecule has 16 heavy (non-hydrogen) atoms. The van der Waals surface area contributed by atoms with Crippen LogP contribution >= 0.6 is 0 Å². The lowest BCUT2D eigenvalue weighted by atomic mass is 9.96. The minimum Gasteiger partial charge on any atom is -0.396 e. The Morgan fingerprint density at radius 1 is 1.56 bits per heavy atom. The van der Waals surface area contributed by atoms with Crippen LogP contribution in [0.15, 0.2) is 18.2 Å². The van der Waals surface area contributed by atoms with Crippen molar-refractivity contribution in [1.82, 2.24) is 0 Å². The molecule has 84 valence electrons. The van der Waals surface area contributed by atoms with E-state index in [2.05, 4.69) is 0 Å². The molecule has 5 heteroatoms. The number of hydrogen-bond donors (Lipinski definition) is 1. The molecule has 1 unspecified atom stereocenters. The van der Waals surface area contributed by atoms with Crippen molar-refractivity contribution in [3.05, 3.63) is 24.0 Å². The lowest BCUT2D eigenvalue weighted by Crippen LogP contribution is -2.26. The van der Waals surface area contributed by atoms with Gasteiger partial charge in [-0.25, -0.2) is 4.39 Å². The number of aliphatic hydroxyl groups excluding tert-OH is 1. The molecule has 2 rings (SSSR count). The first-order valence-corrected chi connectivity index (χ1v) is 5.29. The average molecular weight is 221 g/mol. The van der Waals surface area contributed by atoms with Crippen molar-refractivity contribution in [2.24, 2.45) is 5.92 Å². The molecule has 0 saturated carbocycles. The van der Waals surface area contributed by atoms with Crippen molar-refractivity contribution >= 4 is 24.9 Å². The summed E-state index contributed by atoms with van der Waals surface area (Å²) in [5.41, 5.74) is 1.14. The number of nitrogens with zero attached hydrogens (tertiary/aromatic N) is 1. The second kappa shape index (κ2) is 4.25. The van der Waals surface area contributed by atoms with Gasteiger partial charge in [0.1, 0.15) is 13.7 Å². The number of halogens is 1. The van der Waals surface area contributed by atoms with Gasteiger partial charge in [-0.2, -0.15) is 0 Å². The fraction of sp³-hybridized carbons (Fsp3) is 0.364. The highest BCUT2D eigenvalue weighted by Crippen LogP contribution is 2.26. The second-order valence-corrected chi connectivity index (χ2v) is 4.21. The summed E-state index contributed by atoms with van der Waals surface area (Å²) in [6, 6.07) is 4.80. The molecule has 0 aromatic heterocycles. The number of amides is 1. The number of hydrogen-bond acceptors (Lipinski definition) is 2. The number of carbonyl (C=O) groups excluding carboxylic acids is 1. The van der Waals surface area contributed by atoms with E-state index in [1.165, 1.54) is 11.0 Å². The van der Waals surface area contributed by atoms with Crippen molar-refractivity contribution in [1.29, 1.82) is 0 Å². The highest BCUT2D eigenvalue weighted by Gasteiger charge is 2.31. The van der Waals surface area contributed by atoms with Gasteiger partial charge in [0, 0.05) is 25.5 Å². The van der Waals surface area contributed by atoms with Crippen LogP contribution in [0.2, 0.25) is 0 Å². The van der Waals surface area contributed by atoms with Crippen LogP contribution in [-0.2, 0) is 4.79 Å². The van der Waals surface area contributed by atoms with Gasteiger partial charge in [0.2, 0.25) is 5.91 Å². The summed E-state index contributed by atoms with van der Waals surface area (Å²) >= 11 is 0. The maximum Gasteiger partial charge on any atom is 0.227 e. The topological polar surface area (TPSA) is 40.5 Å². The van der Waals surface area contributed by atoms with E-state index in [-0.39, 0.29) is 24.2 Å². The zero-order valence-electron chi connectivity index (χ0n) is 9.11. The summed E-state index contributed by atoms with van der Waals surface area (Å²) in [6.07, 6.45) is 0.295. The Hall–Kier alpha value is -1.36. The van der Waals surface area contributed by atoms with E-state index in [0.29, 0.717) is 18.7 Å². The van der Waals surface area contributed by atoms with Crippen molar-refractivity contribution in [2.75, 3.05) is 18.1 Å². The third-order valence-corrected chi connectivity index (χ3v) is 2.86. The lowest BCUT2D eigenvalue weighted by molar-refractivity contribution is -0.117. The van der Waals surface area contributed by atoms with Crippen molar-refractivity contribution < 1.29 is 14.3 Å². The number of carbonyl (C=O) groups is 1. The van der Waals surface area contributed by atoms with Crippen LogP contribution in [0.1, 0.15) is 6.42 Å². The quantitative estimate of drug-likeness (QED) is 0.679. The molecule has 1 aromatic rings. The van der Waals surface area contributed by atoms with Gasteiger partial charge >= 0.3 is 0 Å². The Morgan fingerprint density at radius 3 is 2.88 bits per heavy atom. The van der Waals surface area contributed by atoms with Gasteiger partial charge in [0.15, 0.2) is 0 Å². The first kappa shape index (κ1) is 11.1. The van der Waals surface area contributed by atoms with Crippen LogP contribution in [-0.4, -0.2) is 32.0 Å². The van der Waals surface area contributed by atoms with E-state index in [4.69, 9.17) is 5.11 Å².